The van der Waals surface area contributed by atoms with Crippen LogP contribution in [0.25, 0.3) is 0 Å². The molecule has 8 nitrogen and oxygen atoms in total. The lowest BCUT2D eigenvalue weighted by Crippen LogP contribution is -2.50. The van der Waals surface area contributed by atoms with Crippen molar-refractivity contribution in [3.05, 3.63) is 30.1 Å². The molecule has 2 rings (SSSR count). The van der Waals surface area contributed by atoms with E-state index >= 15 is 0 Å². The fourth-order valence-corrected chi connectivity index (χ4v) is 2.75. The average molecular weight is 334 g/mol. The highest BCUT2D eigenvalue weighted by molar-refractivity contribution is 5.93. The third kappa shape index (κ3) is 4.94. The lowest BCUT2D eigenvalue weighted by atomic mass is 9.91. The number of hydrogen-bond acceptors (Lipinski definition) is 4. The fourth-order valence-electron chi connectivity index (χ4n) is 2.75. The van der Waals surface area contributed by atoms with E-state index in [9.17, 15) is 14.4 Å². The van der Waals surface area contributed by atoms with E-state index in [-0.39, 0.29) is 37.5 Å². The van der Waals surface area contributed by atoms with E-state index in [0.717, 1.165) is 0 Å². The summed E-state index contributed by atoms with van der Waals surface area (Å²) in [5, 5.41) is 14.5. The maximum Gasteiger partial charge on any atom is 0.317 e. The number of carboxylic acid groups (broad SMARTS) is 1. The van der Waals surface area contributed by atoms with Gasteiger partial charge in [-0.3, -0.25) is 14.6 Å². The summed E-state index contributed by atoms with van der Waals surface area (Å²) in [6, 6.07) is 3.03. The van der Waals surface area contributed by atoms with Crippen LogP contribution in [0, 0.1) is 11.8 Å². The Kier molecular flexibility index (Phi) is 6.11. The predicted octanol–water partition coefficient (Wildman–Crippen LogP) is 0.564. The molecule has 1 aromatic rings. The van der Waals surface area contributed by atoms with Crippen LogP contribution in [0.15, 0.2) is 24.5 Å². The normalized spacial score (nSPS) is 20.3. The Labute approximate surface area is 140 Å². The van der Waals surface area contributed by atoms with E-state index in [2.05, 4.69) is 15.6 Å². The van der Waals surface area contributed by atoms with Gasteiger partial charge < -0.3 is 20.6 Å². The molecule has 2 unspecified atom stereocenters. The van der Waals surface area contributed by atoms with Gasteiger partial charge in [0.25, 0.3) is 5.91 Å². The zero-order chi connectivity index (χ0) is 17.5. The van der Waals surface area contributed by atoms with Crippen molar-refractivity contribution in [3.8, 4) is 0 Å². The van der Waals surface area contributed by atoms with Gasteiger partial charge in [-0.2, -0.15) is 0 Å². The van der Waals surface area contributed by atoms with Crippen molar-refractivity contribution in [1.82, 2.24) is 20.5 Å². The number of carbonyl (C=O) groups excluding carboxylic acids is 2. The van der Waals surface area contributed by atoms with Gasteiger partial charge in [-0.1, -0.05) is 6.92 Å². The van der Waals surface area contributed by atoms with Crippen LogP contribution in [-0.4, -0.2) is 59.1 Å². The molecule has 0 radical (unpaired) electrons. The molecular weight excluding hydrogens is 312 g/mol. The number of amides is 3. The van der Waals surface area contributed by atoms with Crippen LogP contribution in [0.4, 0.5) is 4.79 Å². The van der Waals surface area contributed by atoms with Crippen molar-refractivity contribution < 1.29 is 19.5 Å². The molecule has 24 heavy (non-hydrogen) atoms. The number of aliphatic carboxylic acids is 1. The smallest absolute Gasteiger partial charge is 0.317 e. The first-order chi connectivity index (χ1) is 11.5. The van der Waals surface area contributed by atoms with Crippen molar-refractivity contribution in [2.24, 2.45) is 11.8 Å². The zero-order valence-electron chi connectivity index (χ0n) is 13.6. The molecule has 2 atom stereocenters. The number of pyridine rings is 1. The van der Waals surface area contributed by atoms with Gasteiger partial charge in [-0.15, -0.1) is 0 Å². The van der Waals surface area contributed by atoms with Gasteiger partial charge in [-0.05, 0) is 24.5 Å². The van der Waals surface area contributed by atoms with Crippen molar-refractivity contribution in [1.29, 1.82) is 0 Å². The van der Waals surface area contributed by atoms with Gasteiger partial charge in [0.15, 0.2) is 0 Å². The quantitative estimate of drug-likeness (QED) is 0.681. The molecule has 130 valence electrons. The lowest BCUT2D eigenvalue weighted by molar-refractivity contribution is -0.143. The van der Waals surface area contributed by atoms with E-state index in [1.54, 1.807) is 18.3 Å². The summed E-state index contributed by atoms with van der Waals surface area (Å²) in [5.74, 6) is -1.50. The Balaban J connectivity index is 1.73. The molecule has 0 bridgehead atoms. The molecule has 1 fully saturated rings. The number of nitrogens with one attached hydrogen (secondary N) is 2. The summed E-state index contributed by atoms with van der Waals surface area (Å²) < 4.78 is 0. The molecule has 3 amide bonds. The molecule has 1 aliphatic rings. The van der Waals surface area contributed by atoms with Crippen LogP contribution in [0.3, 0.4) is 0 Å². The molecule has 0 aromatic carbocycles. The first-order valence-corrected chi connectivity index (χ1v) is 7.91. The first kappa shape index (κ1) is 17.7. The number of carboxylic acids is 1. The molecular formula is C16H22N4O4. The van der Waals surface area contributed by atoms with Crippen LogP contribution in [-0.2, 0) is 4.79 Å². The topological polar surface area (TPSA) is 112 Å². The van der Waals surface area contributed by atoms with Crippen LogP contribution in [0.2, 0.25) is 0 Å². The third-order valence-corrected chi connectivity index (χ3v) is 3.91. The summed E-state index contributed by atoms with van der Waals surface area (Å²) in [5.41, 5.74) is 0.456. The maximum absolute atomic E-state index is 12.1. The van der Waals surface area contributed by atoms with E-state index in [1.807, 2.05) is 6.92 Å². The molecule has 2 heterocycles. The Hall–Kier alpha value is -2.64. The largest absolute Gasteiger partial charge is 0.481 e. The van der Waals surface area contributed by atoms with Gasteiger partial charge in [-0.25, -0.2) is 4.79 Å². The minimum atomic E-state index is -0.872. The first-order valence-electron chi connectivity index (χ1n) is 7.91. The molecule has 0 spiro atoms. The molecule has 1 aromatic heterocycles. The number of nitrogens with zero attached hydrogens (tertiary/aromatic N) is 2. The van der Waals surface area contributed by atoms with Crippen molar-refractivity contribution in [3.63, 3.8) is 0 Å². The van der Waals surface area contributed by atoms with E-state index in [1.165, 1.54) is 11.1 Å². The Bertz CT molecular complexity index is 593. The van der Waals surface area contributed by atoms with Gasteiger partial charge in [0, 0.05) is 38.6 Å². The molecule has 0 aliphatic carbocycles. The standard InChI is InChI=1S/C16H22N4O4/c1-11-7-13(15(22)23)10-20(9-11)16(24)19-6-5-18-14(21)12-3-2-4-17-8-12/h2-4,8,11,13H,5-7,9-10H2,1H3,(H,18,21)(H,19,24)(H,22,23). The maximum atomic E-state index is 12.1. The van der Waals surface area contributed by atoms with Crippen molar-refractivity contribution in [2.75, 3.05) is 26.2 Å². The van der Waals surface area contributed by atoms with Gasteiger partial charge in [0.05, 0.1) is 11.5 Å². The Morgan fingerprint density at radius 2 is 2.04 bits per heavy atom. The summed E-state index contributed by atoms with van der Waals surface area (Å²) in [4.78, 5) is 40.5. The predicted molar refractivity (Wildman–Crippen MR) is 86.4 cm³/mol. The number of piperidine rings is 1. The number of hydrogen-bond donors (Lipinski definition) is 3. The van der Waals surface area contributed by atoms with E-state index in [0.29, 0.717) is 18.5 Å². The van der Waals surface area contributed by atoms with E-state index in [4.69, 9.17) is 5.11 Å². The monoisotopic (exact) mass is 334 g/mol. The minimum Gasteiger partial charge on any atom is -0.481 e. The Morgan fingerprint density at radius 1 is 1.29 bits per heavy atom. The lowest BCUT2D eigenvalue weighted by Gasteiger charge is -2.34. The second-order valence-electron chi connectivity index (χ2n) is 6.01. The number of likely N-dealkylation sites (tertiary alicyclic amines) is 1. The minimum absolute atomic E-state index is 0.149. The summed E-state index contributed by atoms with van der Waals surface area (Å²) >= 11 is 0. The van der Waals surface area contributed by atoms with Crippen molar-refractivity contribution >= 4 is 17.9 Å². The zero-order valence-corrected chi connectivity index (χ0v) is 13.6. The SMILES string of the molecule is CC1CC(C(=O)O)CN(C(=O)NCCNC(=O)c2cccnc2)C1. The van der Waals surface area contributed by atoms with Crippen LogP contribution in [0.1, 0.15) is 23.7 Å². The third-order valence-electron chi connectivity index (χ3n) is 3.91. The second-order valence-corrected chi connectivity index (χ2v) is 6.01. The summed E-state index contributed by atoms with van der Waals surface area (Å²) in [7, 11) is 0. The Morgan fingerprint density at radius 3 is 2.71 bits per heavy atom. The molecule has 0 saturated carbocycles. The number of rotatable bonds is 5. The highest BCUT2D eigenvalue weighted by atomic mass is 16.4. The molecule has 1 saturated heterocycles. The molecule has 8 heteroatoms. The van der Waals surface area contributed by atoms with Gasteiger partial charge >= 0.3 is 12.0 Å². The highest BCUT2D eigenvalue weighted by Crippen LogP contribution is 2.21. The number of aromatic nitrogens is 1. The van der Waals surface area contributed by atoms with Gasteiger partial charge in [0.1, 0.15) is 0 Å². The van der Waals surface area contributed by atoms with Crippen LogP contribution >= 0.6 is 0 Å². The number of carbonyl (C=O) groups is 3. The summed E-state index contributed by atoms with van der Waals surface area (Å²) in [6.45, 7) is 3.24. The van der Waals surface area contributed by atoms with Crippen molar-refractivity contribution in [2.45, 2.75) is 13.3 Å². The van der Waals surface area contributed by atoms with Crippen LogP contribution in [0.5, 0.6) is 0 Å². The highest BCUT2D eigenvalue weighted by Gasteiger charge is 2.31. The van der Waals surface area contributed by atoms with E-state index < -0.39 is 11.9 Å². The van der Waals surface area contributed by atoms with Crippen LogP contribution < -0.4 is 10.6 Å². The number of urea groups is 1. The molecule has 3 N–H and O–H groups in total. The molecule has 1 aliphatic heterocycles. The second kappa shape index (κ2) is 8.28. The van der Waals surface area contributed by atoms with Gasteiger partial charge in [0.2, 0.25) is 0 Å². The summed E-state index contributed by atoms with van der Waals surface area (Å²) in [6.07, 6.45) is 3.64. The fraction of sp³-hybridized carbons (Fsp3) is 0.500. The average Bonchev–Trinajstić information content (AvgIpc) is 2.58.